The van der Waals surface area contributed by atoms with Crippen molar-refractivity contribution in [1.29, 1.82) is 15.8 Å². The lowest BCUT2D eigenvalue weighted by Crippen LogP contribution is -2.05. The Bertz CT molecular complexity index is 586. The molecule has 0 saturated heterocycles. The normalized spacial score (nSPS) is 8.43. The molecule has 4 nitrogen and oxygen atoms in total. The van der Waals surface area contributed by atoms with E-state index in [1.54, 1.807) is 19.1 Å². The first-order chi connectivity index (χ1) is 6.65. The summed E-state index contributed by atoms with van der Waals surface area (Å²) in [5, 5.41) is 26.0. The van der Waals surface area contributed by atoms with E-state index in [1.807, 2.05) is 6.07 Å². The summed E-state index contributed by atoms with van der Waals surface area (Å²) in [4.78, 5) is 0. The van der Waals surface area contributed by atoms with Gasteiger partial charge < -0.3 is 4.42 Å². The summed E-state index contributed by atoms with van der Waals surface area (Å²) >= 11 is 0. The molecule has 14 heavy (non-hydrogen) atoms. The molecule has 0 radical (unpaired) electrons. The van der Waals surface area contributed by atoms with Crippen LogP contribution < -0.4 is 10.8 Å². The molecule has 0 fully saturated rings. The summed E-state index contributed by atoms with van der Waals surface area (Å²) in [6, 6.07) is 5.21. The van der Waals surface area contributed by atoms with Crippen molar-refractivity contribution in [3.05, 3.63) is 22.0 Å². The second-order valence-electron chi connectivity index (χ2n) is 2.56. The van der Waals surface area contributed by atoms with Gasteiger partial charge in [-0.15, -0.1) is 0 Å². The highest BCUT2D eigenvalue weighted by molar-refractivity contribution is 5.72. The summed E-state index contributed by atoms with van der Waals surface area (Å²) in [5.74, 6) is 0. The summed E-state index contributed by atoms with van der Waals surface area (Å²) in [6.07, 6.45) is 0. The van der Waals surface area contributed by atoms with E-state index in [9.17, 15) is 0 Å². The first kappa shape index (κ1) is 9.58. The van der Waals surface area contributed by atoms with Crippen LogP contribution in [0.25, 0.3) is 12.2 Å². The van der Waals surface area contributed by atoms with Crippen LogP contribution in [0.1, 0.15) is 11.1 Å². The summed E-state index contributed by atoms with van der Waals surface area (Å²) in [6.45, 7) is 5.20. The van der Waals surface area contributed by atoms with Crippen LogP contribution in [0.3, 0.4) is 0 Å². The number of nitriles is 3. The van der Waals surface area contributed by atoms with E-state index in [0.29, 0.717) is 11.0 Å². The third kappa shape index (κ3) is 1.24. The van der Waals surface area contributed by atoms with Crippen LogP contribution in [0.5, 0.6) is 0 Å². The van der Waals surface area contributed by atoms with Gasteiger partial charge in [0.2, 0.25) is 0 Å². The lowest BCUT2D eigenvalue weighted by molar-refractivity contribution is 0.500. The van der Waals surface area contributed by atoms with Crippen molar-refractivity contribution in [3.63, 3.8) is 0 Å². The number of hydrogen-bond acceptors (Lipinski definition) is 4. The molecule has 0 amide bonds. The molecule has 0 unspecified atom stereocenters. The molecule has 0 aliphatic carbocycles. The second-order valence-corrected chi connectivity index (χ2v) is 2.56. The van der Waals surface area contributed by atoms with Crippen molar-refractivity contribution in [2.45, 2.75) is 6.92 Å². The van der Waals surface area contributed by atoms with Crippen LogP contribution >= 0.6 is 0 Å². The molecule has 1 aromatic heterocycles. The van der Waals surface area contributed by atoms with Gasteiger partial charge in [0.05, 0.1) is 0 Å². The number of rotatable bonds is 0. The Morgan fingerprint density at radius 1 is 1.29 bits per heavy atom. The summed E-state index contributed by atoms with van der Waals surface area (Å²) in [7, 11) is 0. The first-order valence-corrected chi connectivity index (χ1v) is 3.68. The standard InChI is InChI=1S/C10H5N3O/c1-6-7(2)14-10(9(6)5-13)8(3-11)4-12/h2H2,1H3. The molecule has 66 valence electrons. The van der Waals surface area contributed by atoms with E-state index in [1.165, 1.54) is 0 Å². The van der Waals surface area contributed by atoms with Crippen molar-refractivity contribution < 1.29 is 4.42 Å². The minimum atomic E-state index is -0.209. The van der Waals surface area contributed by atoms with Gasteiger partial charge in [0.1, 0.15) is 29.2 Å². The maximum absolute atomic E-state index is 8.78. The second kappa shape index (κ2) is 3.47. The molecule has 1 heterocycles. The van der Waals surface area contributed by atoms with Gasteiger partial charge in [0.25, 0.3) is 0 Å². The van der Waals surface area contributed by atoms with Gasteiger partial charge in [0.15, 0.2) is 11.0 Å². The molecule has 0 saturated carbocycles. The number of hydrogen-bond donors (Lipinski definition) is 0. The quantitative estimate of drug-likeness (QED) is 0.569. The molecule has 0 aliphatic rings. The smallest absolute Gasteiger partial charge is 0.174 e. The van der Waals surface area contributed by atoms with Gasteiger partial charge >= 0.3 is 0 Å². The third-order valence-electron chi connectivity index (χ3n) is 1.81. The maximum atomic E-state index is 8.78. The highest BCUT2D eigenvalue weighted by atomic mass is 16.3. The average Bonchev–Trinajstić information content (AvgIpc) is 2.45. The molecule has 0 bridgehead atoms. The number of furan rings is 1. The van der Waals surface area contributed by atoms with Crippen LogP contribution in [0.15, 0.2) is 4.42 Å². The first-order valence-electron chi connectivity index (χ1n) is 3.68. The highest BCUT2D eigenvalue weighted by Crippen LogP contribution is 1.97. The van der Waals surface area contributed by atoms with E-state index in [4.69, 9.17) is 20.2 Å². The molecule has 0 spiro atoms. The Balaban J connectivity index is 3.91. The van der Waals surface area contributed by atoms with E-state index in [0.717, 1.165) is 0 Å². The summed E-state index contributed by atoms with van der Waals surface area (Å²) < 4.78 is 5.06. The third-order valence-corrected chi connectivity index (χ3v) is 1.81. The average molecular weight is 183 g/mol. The minimum absolute atomic E-state index is 0.0139. The molecule has 0 atom stereocenters. The Morgan fingerprint density at radius 3 is 2.29 bits per heavy atom. The Hall–Kier alpha value is -2.51. The van der Waals surface area contributed by atoms with Crippen LogP contribution in [0.4, 0.5) is 0 Å². The van der Waals surface area contributed by atoms with E-state index >= 15 is 0 Å². The van der Waals surface area contributed by atoms with E-state index < -0.39 is 0 Å². The molecule has 0 aliphatic heterocycles. The molecule has 4 heteroatoms. The molecular weight excluding hydrogens is 178 g/mol. The van der Waals surface area contributed by atoms with Crippen LogP contribution in [0.2, 0.25) is 0 Å². The number of nitrogens with zero attached hydrogens (tertiary/aromatic N) is 3. The monoisotopic (exact) mass is 183 g/mol. The summed E-state index contributed by atoms with van der Waals surface area (Å²) in [5.41, 5.74) is 0.873. The fourth-order valence-corrected chi connectivity index (χ4v) is 0.998. The van der Waals surface area contributed by atoms with Crippen LogP contribution in [-0.2, 0) is 0 Å². The largest absolute Gasteiger partial charge is 0.454 e. The fourth-order valence-electron chi connectivity index (χ4n) is 0.998. The van der Waals surface area contributed by atoms with Gasteiger partial charge in [0, 0.05) is 5.56 Å². The van der Waals surface area contributed by atoms with Gasteiger partial charge in [-0.25, -0.2) is 0 Å². The Labute approximate surface area is 80.2 Å². The van der Waals surface area contributed by atoms with Crippen LogP contribution in [0, 0.1) is 40.9 Å². The van der Waals surface area contributed by atoms with Crippen molar-refractivity contribution in [1.82, 2.24) is 0 Å². The SMILES string of the molecule is C=c1oc(=C(C#N)C#N)c(C#N)c1C. The van der Waals surface area contributed by atoms with Gasteiger partial charge in [-0.3, -0.25) is 0 Å². The van der Waals surface area contributed by atoms with Crippen molar-refractivity contribution in [2.24, 2.45) is 0 Å². The zero-order valence-electron chi connectivity index (χ0n) is 7.46. The lowest BCUT2D eigenvalue weighted by Gasteiger charge is -1.80. The predicted octanol–water partition coefficient (Wildman–Crippen LogP) is 0.0679. The molecule has 0 N–H and O–H groups in total. The maximum Gasteiger partial charge on any atom is 0.174 e. The Morgan fingerprint density at radius 2 is 1.86 bits per heavy atom. The minimum Gasteiger partial charge on any atom is -0.454 e. The molecular formula is C10H5N3O. The zero-order chi connectivity index (χ0) is 10.7. The van der Waals surface area contributed by atoms with Crippen molar-refractivity contribution in [3.8, 4) is 18.2 Å². The van der Waals surface area contributed by atoms with Crippen molar-refractivity contribution >= 4 is 12.2 Å². The molecule has 1 rings (SSSR count). The van der Waals surface area contributed by atoms with Gasteiger partial charge in [-0.1, -0.05) is 6.58 Å². The van der Waals surface area contributed by atoms with Gasteiger partial charge in [-0.2, -0.15) is 15.8 Å². The van der Waals surface area contributed by atoms with Crippen LogP contribution in [-0.4, -0.2) is 0 Å². The lowest BCUT2D eigenvalue weighted by atomic mass is 10.1. The van der Waals surface area contributed by atoms with Crippen molar-refractivity contribution in [2.75, 3.05) is 0 Å². The zero-order valence-corrected chi connectivity index (χ0v) is 7.46. The fraction of sp³-hybridized carbons (Fsp3) is 0.100. The highest BCUT2D eigenvalue weighted by Gasteiger charge is 2.10. The van der Waals surface area contributed by atoms with Gasteiger partial charge in [-0.05, 0) is 6.92 Å². The topological polar surface area (TPSA) is 84.5 Å². The Kier molecular flexibility index (Phi) is 2.38. The molecule has 1 aromatic rings. The van der Waals surface area contributed by atoms with E-state index in [2.05, 4.69) is 6.58 Å². The predicted molar refractivity (Wildman–Crippen MR) is 47.6 cm³/mol. The van der Waals surface area contributed by atoms with E-state index in [-0.39, 0.29) is 16.6 Å². The molecule has 0 aromatic carbocycles.